The quantitative estimate of drug-likeness (QED) is 0.580. The zero-order chi connectivity index (χ0) is 21.7. The summed E-state index contributed by atoms with van der Waals surface area (Å²) in [6.45, 7) is 1.38. The van der Waals surface area contributed by atoms with Crippen molar-refractivity contribution in [1.29, 1.82) is 0 Å². The number of ether oxygens (including phenoxy) is 1. The summed E-state index contributed by atoms with van der Waals surface area (Å²) in [7, 11) is 1.46. The lowest BCUT2D eigenvalue weighted by molar-refractivity contribution is -0.119. The van der Waals surface area contributed by atoms with Crippen LogP contribution in [0.4, 0.5) is 17.1 Å². The van der Waals surface area contributed by atoms with Crippen LogP contribution in [0.25, 0.3) is 0 Å². The second-order valence-electron chi connectivity index (χ2n) is 6.74. The molecule has 1 atom stereocenters. The molecule has 0 fully saturated rings. The Labute approximate surface area is 173 Å². The molecule has 4 N–H and O–H groups in total. The Morgan fingerprint density at radius 1 is 1.10 bits per heavy atom. The van der Waals surface area contributed by atoms with Crippen LogP contribution >= 0.6 is 0 Å². The molecule has 1 aliphatic rings. The van der Waals surface area contributed by atoms with Crippen molar-refractivity contribution in [3.8, 4) is 5.75 Å². The zero-order valence-corrected chi connectivity index (χ0v) is 16.6. The van der Waals surface area contributed by atoms with E-state index in [1.165, 1.54) is 14.0 Å². The van der Waals surface area contributed by atoms with Crippen LogP contribution in [-0.4, -0.2) is 36.8 Å². The van der Waals surface area contributed by atoms with Crippen molar-refractivity contribution >= 4 is 40.7 Å². The normalized spacial score (nSPS) is 15.2. The number of nitrogens with one attached hydrogen (secondary N) is 4. The second-order valence-corrected chi connectivity index (χ2v) is 6.74. The first-order chi connectivity index (χ1) is 14.4. The van der Waals surface area contributed by atoms with Crippen LogP contribution in [0.2, 0.25) is 0 Å². The molecule has 0 aromatic heterocycles. The highest BCUT2D eigenvalue weighted by Crippen LogP contribution is 2.28. The monoisotopic (exact) mass is 410 g/mol. The molecule has 2 aromatic rings. The third kappa shape index (κ3) is 4.93. The molecular formula is C21H22N4O5. The summed E-state index contributed by atoms with van der Waals surface area (Å²) >= 11 is 0. The zero-order valence-electron chi connectivity index (χ0n) is 16.6. The number of hydrogen-bond acceptors (Lipinski definition) is 5. The van der Waals surface area contributed by atoms with E-state index >= 15 is 0 Å². The fourth-order valence-corrected chi connectivity index (χ4v) is 3.09. The van der Waals surface area contributed by atoms with E-state index in [9.17, 15) is 19.2 Å². The molecule has 9 nitrogen and oxygen atoms in total. The smallest absolute Gasteiger partial charge is 0.254 e. The molecule has 4 amide bonds. The molecule has 0 saturated carbocycles. The number of benzene rings is 2. The van der Waals surface area contributed by atoms with Crippen molar-refractivity contribution in [3.63, 3.8) is 0 Å². The van der Waals surface area contributed by atoms with Gasteiger partial charge in [-0.05, 0) is 36.8 Å². The van der Waals surface area contributed by atoms with Gasteiger partial charge in [0.1, 0.15) is 11.8 Å². The molecule has 0 bridgehead atoms. The third-order valence-corrected chi connectivity index (χ3v) is 4.51. The Morgan fingerprint density at radius 3 is 2.60 bits per heavy atom. The molecule has 0 radical (unpaired) electrons. The van der Waals surface area contributed by atoms with Gasteiger partial charge >= 0.3 is 0 Å². The highest BCUT2D eigenvalue weighted by molar-refractivity contribution is 6.10. The molecule has 0 saturated heterocycles. The van der Waals surface area contributed by atoms with Crippen LogP contribution in [0.5, 0.6) is 5.75 Å². The number of rotatable bonds is 6. The molecular weight excluding hydrogens is 388 g/mol. The number of fused-ring (bicyclic) bond motifs is 1. The molecule has 0 spiro atoms. The lowest BCUT2D eigenvalue weighted by Gasteiger charge is -2.15. The SMILES string of the molecule is COc1ccc(NC(C)=O)cc1NC(=O)CC[C@@H]1NC(=O)c2ccccc2NC1=O. The second kappa shape index (κ2) is 9.08. The van der Waals surface area contributed by atoms with Gasteiger partial charge in [0.15, 0.2) is 0 Å². The number of carbonyl (C=O) groups excluding carboxylic acids is 4. The van der Waals surface area contributed by atoms with Crippen molar-refractivity contribution in [3.05, 3.63) is 48.0 Å². The lowest BCUT2D eigenvalue weighted by atomic mass is 10.1. The Morgan fingerprint density at radius 2 is 1.87 bits per heavy atom. The molecule has 3 rings (SSSR count). The Hall–Kier alpha value is -3.88. The molecule has 156 valence electrons. The average Bonchev–Trinajstić information content (AvgIpc) is 2.82. The summed E-state index contributed by atoms with van der Waals surface area (Å²) in [6, 6.07) is 10.7. The van der Waals surface area contributed by atoms with E-state index in [1.807, 2.05) is 0 Å². The number of hydrogen-bond donors (Lipinski definition) is 4. The number of amides is 4. The largest absolute Gasteiger partial charge is 0.495 e. The maximum absolute atomic E-state index is 12.5. The van der Waals surface area contributed by atoms with Crippen LogP contribution in [0.15, 0.2) is 42.5 Å². The first-order valence-corrected chi connectivity index (χ1v) is 9.33. The van der Waals surface area contributed by atoms with Gasteiger partial charge < -0.3 is 26.0 Å². The summed E-state index contributed by atoms with van der Waals surface area (Å²) in [5.41, 5.74) is 1.70. The van der Waals surface area contributed by atoms with E-state index in [2.05, 4.69) is 21.3 Å². The molecule has 0 unspecified atom stereocenters. The minimum absolute atomic E-state index is 0.0117. The molecule has 1 heterocycles. The van der Waals surface area contributed by atoms with Crippen molar-refractivity contribution in [1.82, 2.24) is 5.32 Å². The number of anilines is 3. The van der Waals surface area contributed by atoms with Gasteiger partial charge in [0.05, 0.1) is 24.0 Å². The first-order valence-electron chi connectivity index (χ1n) is 9.33. The molecule has 2 aromatic carbocycles. The van der Waals surface area contributed by atoms with Gasteiger partial charge in [-0.1, -0.05) is 12.1 Å². The maximum atomic E-state index is 12.5. The summed E-state index contributed by atoms with van der Waals surface area (Å²) in [5.74, 6) is -0.940. The van der Waals surface area contributed by atoms with E-state index in [4.69, 9.17) is 4.74 Å². The van der Waals surface area contributed by atoms with Crippen molar-refractivity contribution in [2.75, 3.05) is 23.1 Å². The Balaban J connectivity index is 1.64. The highest BCUT2D eigenvalue weighted by Gasteiger charge is 2.28. The Bertz CT molecular complexity index is 1000. The van der Waals surface area contributed by atoms with Gasteiger partial charge in [-0.15, -0.1) is 0 Å². The maximum Gasteiger partial charge on any atom is 0.254 e. The lowest BCUT2D eigenvalue weighted by Crippen LogP contribution is -2.41. The van der Waals surface area contributed by atoms with Crippen LogP contribution in [0, 0.1) is 0 Å². The predicted molar refractivity (Wildman–Crippen MR) is 111 cm³/mol. The predicted octanol–water partition coefficient (Wildman–Crippen LogP) is 2.12. The number of para-hydroxylation sites is 1. The van der Waals surface area contributed by atoms with E-state index in [1.54, 1.807) is 42.5 Å². The van der Waals surface area contributed by atoms with Gasteiger partial charge in [-0.3, -0.25) is 19.2 Å². The van der Waals surface area contributed by atoms with E-state index in [-0.39, 0.29) is 36.5 Å². The highest BCUT2D eigenvalue weighted by atomic mass is 16.5. The van der Waals surface area contributed by atoms with Crippen molar-refractivity contribution in [2.24, 2.45) is 0 Å². The molecule has 30 heavy (non-hydrogen) atoms. The minimum atomic E-state index is -0.844. The summed E-state index contributed by atoms with van der Waals surface area (Å²) < 4.78 is 5.24. The molecule has 0 aliphatic carbocycles. The standard InChI is InChI=1S/C21H22N4O5/c1-12(26)22-13-7-9-18(30-2)17(11-13)23-19(27)10-8-16-21(29)24-15-6-4-3-5-14(15)20(28)25-16/h3-7,9,11,16H,8,10H2,1-2H3,(H,22,26)(H,23,27)(H,24,29)(H,25,28)/t16-/m0/s1. The van der Waals surface area contributed by atoms with Crippen LogP contribution < -0.4 is 26.0 Å². The fourth-order valence-electron chi connectivity index (χ4n) is 3.09. The van der Waals surface area contributed by atoms with Crippen molar-refractivity contribution < 1.29 is 23.9 Å². The van der Waals surface area contributed by atoms with Crippen molar-refractivity contribution in [2.45, 2.75) is 25.8 Å². The first kappa shape index (κ1) is 20.8. The van der Waals surface area contributed by atoms with Gasteiger partial charge in [-0.2, -0.15) is 0 Å². The van der Waals surface area contributed by atoms with Gasteiger partial charge in [-0.25, -0.2) is 0 Å². The summed E-state index contributed by atoms with van der Waals surface area (Å²) in [6.07, 6.45) is 0.104. The summed E-state index contributed by atoms with van der Waals surface area (Å²) in [4.78, 5) is 48.5. The average molecular weight is 410 g/mol. The topological polar surface area (TPSA) is 126 Å². The number of carbonyl (C=O) groups is 4. The van der Waals surface area contributed by atoms with Gasteiger partial charge in [0, 0.05) is 19.0 Å². The summed E-state index contributed by atoms with van der Waals surface area (Å²) in [5, 5.41) is 10.7. The van der Waals surface area contributed by atoms with E-state index in [0.717, 1.165) is 0 Å². The Kier molecular flexibility index (Phi) is 6.31. The van der Waals surface area contributed by atoms with Gasteiger partial charge in [0.25, 0.3) is 5.91 Å². The molecule has 1 aliphatic heterocycles. The van der Waals surface area contributed by atoms with Gasteiger partial charge in [0.2, 0.25) is 17.7 Å². The van der Waals surface area contributed by atoms with Crippen LogP contribution in [0.3, 0.4) is 0 Å². The van der Waals surface area contributed by atoms with E-state index < -0.39 is 6.04 Å². The third-order valence-electron chi connectivity index (χ3n) is 4.51. The van der Waals surface area contributed by atoms with E-state index in [0.29, 0.717) is 28.4 Å². The number of methoxy groups -OCH3 is 1. The fraction of sp³-hybridized carbons (Fsp3) is 0.238. The van der Waals surface area contributed by atoms with Crippen LogP contribution in [-0.2, 0) is 14.4 Å². The van der Waals surface area contributed by atoms with Crippen LogP contribution in [0.1, 0.15) is 30.1 Å². The molecule has 9 heteroatoms. The minimum Gasteiger partial charge on any atom is -0.495 e.